The third kappa shape index (κ3) is 3.68. The predicted molar refractivity (Wildman–Crippen MR) is 95.2 cm³/mol. The number of pyridine rings is 1. The van der Waals surface area contributed by atoms with Gasteiger partial charge in [-0.05, 0) is 35.7 Å². The number of aromatic nitrogens is 1. The Labute approximate surface area is 160 Å². The number of rotatable bonds is 3. The van der Waals surface area contributed by atoms with Gasteiger partial charge in [0, 0.05) is 19.3 Å². The summed E-state index contributed by atoms with van der Waals surface area (Å²) < 4.78 is 63.2. The van der Waals surface area contributed by atoms with Crippen LogP contribution in [0.2, 0.25) is 0 Å². The zero-order chi connectivity index (χ0) is 20.9. The largest absolute Gasteiger partial charge is 0.416 e. The molecule has 0 unspecified atom stereocenters. The average Bonchev–Trinajstić information content (AvgIpc) is 2.58. The maximum Gasteiger partial charge on any atom is 0.416 e. The molecule has 0 bridgehead atoms. The number of sulfone groups is 1. The van der Waals surface area contributed by atoms with Crippen molar-refractivity contribution in [2.75, 3.05) is 18.8 Å². The molecule has 0 aliphatic carbocycles. The summed E-state index contributed by atoms with van der Waals surface area (Å²) in [5.74, 6) is -0.393. The lowest BCUT2D eigenvalue weighted by atomic mass is 9.84. The Morgan fingerprint density at radius 1 is 1.14 bits per heavy atom. The van der Waals surface area contributed by atoms with E-state index in [1.807, 2.05) is 13.8 Å². The van der Waals surface area contributed by atoms with E-state index in [2.05, 4.69) is 4.98 Å². The van der Waals surface area contributed by atoms with Gasteiger partial charge in [-0.3, -0.25) is 4.79 Å². The first-order valence-electron chi connectivity index (χ1n) is 8.28. The first kappa shape index (κ1) is 20.1. The van der Waals surface area contributed by atoms with Crippen LogP contribution in [-0.2, 0) is 16.0 Å². The molecular weight excluding hydrogens is 395 g/mol. The van der Waals surface area contributed by atoms with Gasteiger partial charge in [-0.1, -0.05) is 13.8 Å². The standard InChI is InChI=1S/C18H18F3N3O3S/c1-17(2)9-24(10-17)16(25)15-14(22)7-13(8-23-15)28(26,27)12-5-3-11(4-6-12)18(19,20)21/h3-8H,9-10,22H2,1-2H3. The second-order valence-electron chi connectivity index (χ2n) is 7.46. The zero-order valence-corrected chi connectivity index (χ0v) is 15.9. The Hall–Kier alpha value is -2.62. The summed E-state index contributed by atoms with van der Waals surface area (Å²) in [5, 5.41) is 0. The van der Waals surface area contributed by atoms with E-state index in [1.54, 1.807) is 4.90 Å². The molecule has 28 heavy (non-hydrogen) atoms. The summed E-state index contributed by atoms with van der Waals surface area (Å²) in [6.45, 7) is 5.09. The highest BCUT2D eigenvalue weighted by molar-refractivity contribution is 7.91. The molecule has 0 saturated carbocycles. The topological polar surface area (TPSA) is 93.4 Å². The van der Waals surface area contributed by atoms with Crippen molar-refractivity contribution in [3.63, 3.8) is 0 Å². The molecule has 1 fully saturated rings. The number of benzene rings is 1. The maximum absolute atomic E-state index is 12.6. The van der Waals surface area contributed by atoms with Gasteiger partial charge >= 0.3 is 6.18 Å². The number of amides is 1. The SMILES string of the molecule is CC1(C)CN(C(=O)c2ncc(S(=O)(=O)c3ccc(C(F)(F)F)cc3)cc2N)C1. The van der Waals surface area contributed by atoms with Gasteiger partial charge in [0.25, 0.3) is 5.91 Å². The fraction of sp³-hybridized carbons (Fsp3) is 0.333. The number of halogens is 3. The van der Waals surface area contributed by atoms with Crippen LogP contribution in [0, 0.1) is 5.41 Å². The van der Waals surface area contributed by atoms with Crippen LogP contribution in [0.4, 0.5) is 18.9 Å². The van der Waals surface area contributed by atoms with Crippen molar-refractivity contribution in [3.8, 4) is 0 Å². The normalized spacial score (nSPS) is 16.5. The Bertz CT molecular complexity index is 1020. The number of nitrogens with two attached hydrogens (primary N) is 1. The summed E-state index contributed by atoms with van der Waals surface area (Å²) in [7, 11) is -4.13. The maximum atomic E-state index is 12.6. The molecule has 2 heterocycles. The molecule has 1 saturated heterocycles. The lowest BCUT2D eigenvalue weighted by Crippen LogP contribution is -2.55. The minimum atomic E-state index is -4.57. The highest BCUT2D eigenvalue weighted by Gasteiger charge is 2.38. The van der Waals surface area contributed by atoms with Crippen LogP contribution in [0.25, 0.3) is 0 Å². The van der Waals surface area contributed by atoms with Crippen molar-refractivity contribution >= 4 is 21.4 Å². The fourth-order valence-electron chi connectivity index (χ4n) is 3.03. The molecule has 2 N–H and O–H groups in total. The van der Waals surface area contributed by atoms with Crippen molar-refractivity contribution in [1.29, 1.82) is 0 Å². The lowest BCUT2D eigenvalue weighted by Gasteiger charge is -2.45. The van der Waals surface area contributed by atoms with Gasteiger partial charge in [-0.2, -0.15) is 13.2 Å². The Kier molecular flexibility index (Phi) is 4.65. The number of nitrogens with zero attached hydrogens (tertiary/aromatic N) is 2. The predicted octanol–water partition coefficient (Wildman–Crippen LogP) is 3.00. The van der Waals surface area contributed by atoms with Crippen molar-refractivity contribution in [2.24, 2.45) is 5.41 Å². The number of hydrogen-bond acceptors (Lipinski definition) is 5. The van der Waals surface area contributed by atoms with Gasteiger partial charge in [0.15, 0.2) is 5.69 Å². The molecule has 1 aliphatic rings. The van der Waals surface area contributed by atoms with Gasteiger partial charge < -0.3 is 10.6 Å². The van der Waals surface area contributed by atoms with Crippen LogP contribution in [0.15, 0.2) is 46.3 Å². The molecule has 0 spiro atoms. The highest BCUT2D eigenvalue weighted by Crippen LogP contribution is 2.32. The number of likely N-dealkylation sites (tertiary alicyclic amines) is 1. The van der Waals surface area contributed by atoms with E-state index in [9.17, 15) is 26.4 Å². The highest BCUT2D eigenvalue weighted by atomic mass is 32.2. The molecule has 6 nitrogen and oxygen atoms in total. The van der Waals surface area contributed by atoms with Crippen LogP contribution in [0.1, 0.15) is 29.9 Å². The van der Waals surface area contributed by atoms with E-state index in [0.717, 1.165) is 24.4 Å². The Morgan fingerprint density at radius 3 is 2.18 bits per heavy atom. The van der Waals surface area contributed by atoms with E-state index >= 15 is 0 Å². The van der Waals surface area contributed by atoms with E-state index in [-0.39, 0.29) is 26.6 Å². The summed E-state index contributed by atoms with van der Waals surface area (Å²) >= 11 is 0. The minimum absolute atomic E-state index is 0.0102. The van der Waals surface area contributed by atoms with Gasteiger partial charge in [0.05, 0.1) is 21.0 Å². The molecule has 1 aromatic heterocycles. The second kappa shape index (κ2) is 6.47. The molecule has 150 valence electrons. The molecular formula is C18H18F3N3O3S. The summed E-state index contributed by atoms with van der Waals surface area (Å²) in [4.78, 5) is 17.3. The molecule has 3 rings (SSSR count). The van der Waals surface area contributed by atoms with Crippen molar-refractivity contribution in [2.45, 2.75) is 29.8 Å². The zero-order valence-electron chi connectivity index (χ0n) is 15.1. The molecule has 0 radical (unpaired) electrons. The first-order valence-corrected chi connectivity index (χ1v) is 9.77. The van der Waals surface area contributed by atoms with Gasteiger partial charge in [0.1, 0.15) is 0 Å². The molecule has 10 heteroatoms. The van der Waals surface area contributed by atoms with Crippen LogP contribution in [0.3, 0.4) is 0 Å². The summed E-state index contributed by atoms with van der Waals surface area (Å²) in [5.41, 5.74) is 4.73. The van der Waals surface area contributed by atoms with Crippen molar-refractivity contribution in [3.05, 3.63) is 47.8 Å². The molecule has 2 aromatic rings. The van der Waals surface area contributed by atoms with Crippen molar-refractivity contribution < 1.29 is 26.4 Å². The number of anilines is 1. The first-order chi connectivity index (χ1) is 12.8. The monoisotopic (exact) mass is 413 g/mol. The number of carbonyl (C=O) groups is 1. The number of alkyl halides is 3. The summed E-state index contributed by atoms with van der Waals surface area (Å²) in [6, 6.07) is 4.21. The number of carbonyl (C=O) groups excluding carboxylic acids is 1. The second-order valence-corrected chi connectivity index (χ2v) is 9.41. The van der Waals surface area contributed by atoms with Gasteiger partial charge in [-0.25, -0.2) is 13.4 Å². The van der Waals surface area contributed by atoms with Crippen LogP contribution in [0.5, 0.6) is 0 Å². The van der Waals surface area contributed by atoms with Crippen molar-refractivity contribution in [1.82, 2.24) is 9.88 Å². The Morgan fingerprint density at radius 2 is 1.71 bits per heavy atom. The van der Waals surface area contributed by atoms with E-state index in [0.29, 0.717) is 25.2 Å². The average molecular weight is 413 g/mol. The third-order valence-electron chi connectivity index (χ3n) is 4.42. The van der Waals surface area contributed by atoms with Crippen LogP contribution in [-0.4, -0.2) is 37.3 Å². The number of nitrogen functional groups attached to an aromatic ring is 1. The van der Waals surface area contributed by atoms with Crippen LogP contribution >= 0.6 is 0 Å². The molecule has 1 aliphatic heterocycles. The Balaban J connectivity index is 1.87. The molecule has 0 atom stereocenters. The lowest BCUT2D eigenvalue weighted by molar-refractivity contribution is -0.137. The quantitative estimate of drug-likeness (QED) is 0.835. The van der Waals surface area contributed by atoms with Crippen LogP contribution < -0.4 is 5.73 Å². The molecule has 1 amide bonds. The van der Waals surface area contributed by atoms with E-state index in [1.165, 1.54) is 0 Å². The smallest absolute Gasteiger partial charge is 0.397 e. The van der Waals surface area contributed by atoms with E-state index in [4.69, 9.17) is 5.73 Å². The minimum Gasteiger partial charge on any atom is -0.397 e. The summed E-state index contributed by atoms with van der Waals surface area (Å²) in [6.07, 6.45) is -3.58. The fourth-order valence-corrected chi connectivity index (χ4v) is 4.27. The third-order valence-corrected chi connectivity index (χ3v) is 6.16. The molecule has 1 aromatic carbocycles. The van der Waals surface area contributed by atoms with Gasteiger partial charge in [0.2, 0.25) is 9.84 Å². The number of hydrogen-bond donors (Lipinski definition) is 1. The van der Waals surface area contributed by atoms with Gasteiger partial charge in [-0.15, -0.1) is 0 Å². The van der Waals surface area contributed by atoms with E-state index < -0.39 is 27.5 Å².